The maximum atomic E-state index is 15.2. The van der Waals surface area contributed by atoms with Crippen molar-refractivity contribution in [2.24, 2.45) is 0 Å². The van der Waals surface area contributed by atoms with E-state index in [1.807, 2.05) is 0 Å². The van der Waals surface area contributed by atoms with E-state index in [0.29, 0.717) is 28.0 Å². The van der Waals surface area contributed by atoms with Crippen LogP contribution in [0.25, 0.3) is 28.6 Å². The lowest BCUT2D eigenvalue weighted by Crippen LogP contribution is -2.19. The molecule has 34 heavy (non-hydrogen) atoms. The van der Waals surface area contributed by atoms with Gasteiger partial charge < -0.3 is 0 Å². The van der Waals surface area contributed by atoms with E-state index in [1.165, 1.54) is 16.8 Å². The van der Waals surface area contributed by atoms with Crippen LogP contribution in [0.5, 0.6) is 0 Å². The minimum Gasteiger partial charge on any atom is -0.285 e. The molecule has 0 spiro atoms. The molecule has 3 heterocycles. The minimum absolute atomic E-state index is 0.0148. The largest absolute Gasteiger partial charge is 0.433 e. The molecule has 0 saturated carbocycles. The third-order valence-electron chi connectivity index (χ3n) is 5.05. The zero-order valence-corrected chi connectivity index (χ0v) is 19.1. The Balaban J connectivity index is 1.93. The Morgan fingerprint density at radius 2 is 1.79 bits per heavy atom. The van der Waals surface area contributed by atoms with Gasteiger partial charge in [-0.3, -0.25) is 9.78 Å². The van der Waals surface area contributed by atoms with Crippen LogP contribution in [0.3, 0.4) is 0 Å². The van der Waals surface area contributed by atoms with Crippen LogP contribution in [0.15, 0.2) is 47.4 Å². The number of hydrogen-bond acceptors (Lipinski definition) is 4. The summed E-state index contributed by atoms with van der Waals surface area (Å²) in [5.41, 5.74) is -0.424. The molecule has 4 rings (SSSR count). The monoisotopic (exact) mass is 508 g/mol. The van der Waals surface area contributed by atoms with Crippen molar-refractivity contribution in [3.05, 3.63) is 91.1 Å². The average Bonchev–Trinajstić information content (AvgIpc) is 2.77. The SMILES string of the molecule is Cc1cc2c(nc1C)c(=O)c(/C(F)=C/c1ccc(C(F)(F)F)nc1)nn2-c1ccc(Cl)c(Cl)c1. The highest BCUT2D eigenvalue weighted by molar-refractivity contribution is 6.42. The number of nitrogens with zero attached hydrogens (tertiary/aromatic N) is 4. The topological polar surface area (TPSA) is 60.7 Å². The molecule has 11 heteroatoms. The fourth-order valence-electron chi connectivity index (χ4n) is 3.17. The number of hydrogen-bond donors (Lipinski definition) is 0. The minimum atomic E-state index is -4.63. The van der Waals surface area contributed by atoms with Gasteiger partial charge in [0.2, 0.25) is 5.43 Å². The number of rotatable bonds is 3. The number of benzene rings is 1. The number of alkyl halides is 3. The first-order valence-electron chi connectivity index (χ1n) is 9.73. The van der Waals surface area contributed by atoms with E-state index in [2.05, 4.69) is 15.1 Å². The summed E-state index contributed by atoms with van der Waals surface area (Å²) in [6, 6.07) is 8.07. The van der Waals surface area contributed by atoms with E-state index in [9.17, 15) is 18.0 Å². The molecule has 0 saturated heterocycles. The van der Waals surface area contributed by atoms with Crippen molar-refractivity contribution in [3.63, 3.8) is 0 Å². The predicted octanol–water partition coefficient (Wildman–Crippen LogP) is 6.59. The van der Waals surface area contributed by atoms with Crippen LogP contribution in [-0.4, -0.2) is 19.7 Å². The van der Waals surface area contributed by atoms with E-state index in [4.69, 9.17) is 23.2 Å². The Labute approximate surface area is 200 Å². The molecule has 0 atom stereocenters. The second kappa shape index (κ2) is 8.81. The summed E-state index contributed by atoms with van der Waals surface area (Å²) in [5.74, 6) is -1.07. The second-order valence-electron chi connectivity index (χ2n) is 7.41. The van der Waals surface area contributed by atoms with Crippen molar-refractivity contribution in [2.45, 2.75) is 20.0 Å². The van der Waals surface area contributed by atoms with Crippen molar-refractivity contribution in [1.29, 1.82) is 0 Å². The van der Waals surface area contributed by atoms with Crippen LogP contribution in [0.4, 0.5) is 17.6 Å². The third-order valence-corrected chi connectivity index (χ3v) is 5.79. The number of aromatic nitrogens is 4. The molecule has 0 aliphatic carbocycles. The standard InChI is InChI=1S/C23H14Cl2F4N4O/c1-11-7-18-21(31-12(11)2)22(34)20(32-33(18)14-4-5-15(24)16(25)9-14)17(26)8-13-3-6-19(30-10-13)23(27,28)29/h3-10H,1-2H3/b17-8-. The fourth-order valence-corrected chi connectivity index (χ4v) is 3.47. The lowest BCUT2D eigenvalue weighted by Gasteiger charge is -2.13. The summed E-state index contributed by atoms with van der Waals surface area (Å²) in [6.45, 7) is 3.51. The van der Waals surface area contributed by atoms with Crippen molar-refractivity contribution < 1.29 is 17.6 Å². The maximum Gasteiger partial charge on any atom is 0.433 e. The molecule has 3 aromatic heterocycles. The fraction of sp³-hybridized carbons (Fsp3) is 0.130. The summed E-state index contributed by atoms with van der Waals surface area (Å²) in [4.78, 5) is 20.7. The number of halogens is 6. The van der Waals surface area contributed by atoms with Gasteiger partial charge in [0.25, 0.3) is 0 Å². The van der Waals surface area contributed by atoms with E-state index in [1.54, 1.807) is 26.0 Å². The molecular weight excluding hydrogens is 495 g/mol. The van der Waals surface area contributed by atoms with Crippen LogP contribution < -0.4 is 5.43 Å². The van der Waals surface area contributed by atoms with Crippen LogP contribution >= 0.6 is 23.2 Å². The summed E-state index contributed by atoms with van der Waals surface area (Å²) < 4.78 is 54.7. The maximum absolute atomic E-state index is 15.2. The smallest absolute Gasteiger partial charge is 0.285 e. The Bertz CT molecular complexity index is 1510. The molecule has 1 aromatic carbocycles. The van der Waals surface area contributed by atoms with Gasteiger partial charge in [0, 0.05) is 11.9 Å². The Morgan fingerprint density at radius 3 is 2.41 bits per heavy atom. The van der Waals surface area contributed by atoms with Crippen molar-refractivity contribution in [3.8, 4) is 5.69 Å². The first-order chi connectivity index (χ1) is 16.0. The summed E-state index contributed by atoms with van der Waals surface area (Å²) >= 11 is 12.1. The highest BCUT2D eigenvalue weighted by Gasteiger charge is 2.32. The van der Waals surface area contributed by atoms with Gasteiger partial charge in [0.05, 0.1) is 21.2 Å². The van der Waals surface area contributed by atoms with Gasteiger partial charge in [0.15, 0.2) is 11.5 Å². The summed E-state index contributed by atoms with van der Waals surface area (Å²) in [7, 11) is 0. The van der Waals surface area contributed by atoms with E-state index < -0.39 is 28.8 Å². The average molecular weight is 509 g/mol. The van der Waals surface area contributed by atoms with Gasteiger partial charge in [-0.1, -0.05) is 29.3 Å². The highest BCUT2D eigenvalue weighted by atomic mass is 35.5. The number of pyridine rings is 2. The Kier molecular flexibility index (Phi) is 6.18. The van der Waals surface area contributed by atoms with Crippen LogP contribution in [0, 0.1) is 13.8 Å². The molecule has 4 aromatic rings. The highest BCUT2D eigenvalue weighted by Crippen LogP contribution is 2.29. The van der Waals surface area contributed by atoms with Crippen LogP contribution in [0.1, 0.15) is 28.2 Å². The molecule has 0 fully saturated rings. The molecule has 174 valence electrons. The summed E-state index contributed by atoms with van der Waals surface area (Å²) in [6.07, 6.45) is -2.90. The van der Waals surface area contributed by atoms with Gasteiger partial charge in [0.1, 0.15) is 11.2 Å². The molecule has 0 aliphatic rings. The first-order valence-corrected chi connectivity index (χ1v) is 10.5. The Morgan fingerprint density at radius 1 is 1.06 bits per heavy atom. The molecule has 0 unspecified atom stereocenters. The predicted molar refractivity (Wildman–Crippen MR) is 123 cm³/mol. The van der Waals surface area contributed by atoms with E-state index >= 15 is 4.39 Å². The summed E-state index contributed by atoms with van der Waals surface area (Å²) in [5, 5.41) is 4.70. The molecule has 0 bridgehead atoms. The molecule has 0 radical (unpaired) electrons. The van der Waals surface area contributed by atoms with Crippen LogP contribution in [0.2, 0.25) is 10.0 Å². The van der Waals surface area contributed by atoms with E-state index in [0.717, 1.165) is 23.9 Å². The lowest BCUT2D eigenvalue weighted by atomic mass is 10.1. The van der Waals surface area contributed by atoms with Crippen molar-refractivity contribution in [2.75, 3.05) is 0 Å². The van der Waals surface area contributed by atoms with Gasteiger partial charge >= 0.3 is 6.18 Å². The van der Waals surface area contributed by atoms with Gasteiger partial charge in [-0.25, -0.2) is 14.1 Å². The second-order valence-corrected chi connectivity index (χ2v) is 8.23. The van der Waals surface area contributed by atoms with Gasteiger partial charge in [-0.15, -0.1) is 0 Å². The molecule has 0 aliphatic heterocycles. The van der Waals surface area contributed by atoms with Crippen molar-refractivity contribution in [1.82, 2.24) is 19.7 Å². The third kappa shape index (κ3) is 4.53. The Hall–Kier alpha value is -3.30. The van der Waals surface area contributed by atoms with Gasteiger partial charge in [-0.05, 0) is 61.4 Å². The van der Waals surface area contributed by atoms with Gasteiger partial charge in [-0.2, -0.15) is 18.3 Å². The molecular formula is C23H14Cl2F4N4O. The van der Waals surface area contributed by atoms with E-state index in [-0.39, 0.29) is 16.1 Å². The zero-order valence-electron chi connectivity index (χ0n) is 17.6. The molecule has 5 nitrogen and oxygen atoms in total. The molecule has 0 amide bonds. The number of aryl methyl sites for hydroxylation is 2. The quantitative estimate of drug-likeness (QED) is 0.293. The van der Waals surface area contributed by atoms with Crippen LogP contribution in [-0.2, 0) is 6.18 Å². The van der Waals surface area contributed by atoms with Crippen molar-refractivity contribution >= 4 is 46.1 Å². The molecule has 0 N–H and O–H groups in total. The zero-order chi connectivity index (χ0) is 24.8. The lowest BCUT2D eigenvalue weighted by molar-refractivity contribution is -0.141. The first kappa shape index (κ1) is 23.8. The number of fused-ring (bicyclic) bond motifs is 1. The normalized spacial score (nSPS) is 12.4.